The van der Waals surface area contributed by atoms with Crippen LogP contribution < -0.4 is 9.64 Å². The van der Waals surface area contributed by atoms with E-state index in [1.54, 1.807) is 0 Å². The third-order valence-electron chi connectivity index (χ3n) is 6.29. The maximum absolute atomic E-state index is 13.3. The van der Waals surface area contributed by atoms with Crippen LogP contribution in [0.4, 0.5) is 5.69 Å². The Hall–Kier alpha value is -3.58. The van der Waals surface area contributed by atoms with Crippen molar-refractivity contribution < 1.29 is 9.53 Å². The van der Waals surface area contributed by atoms with E-state index >= 15 is 0 Å². The molecule has 0 N–H and O–H groups in total. The maximum atomic E-state index is 13.3. The van der Waals surface area contributed by atoms with Crippen molar-refractivity contribution in [3.8, 4) is 11.4 Å². The highest BCUT2D eigenvalue weighted by molar-refractivity contribution is 7.99. The lowest BCUT2D eigenvalue weighted by Gasteiger charge is -2.26. The van der Waals surface area contributed by atoms with Crippen molar-refractivity contribution >= 4 is 23.4 Å². The summed E-state index contributed by atoms with van der Waals surface area (Å²) in [5.41, 5.74) is 4.28. The second-order valence-corrected chi connectivity index (χ2v) is 11.5. The Labute approximate surface area is 230 Å². The van der Waals surface area contributed by atoms with Gasteiger partial charge in [-0.2, -0.15) is 0 Å². The Morgan fingerprint density at radius 2 is 1.61 bits per heavy atom. The Kier molecular flexibility index (Phi) is 8.57. The minimum Gasteiger partial charge on any atom is -0.486 e. The topological polar surface area (TPSA) is 60.2 Å². The predicted octanol–water partition coefficient (Wildman–Crippen LogP) is 6.99. The summed E-state index contributed by atoms with van der Waals surface area (Å²) >= 11 is 1.39. The molecule has 4 rings (SSSR count). The van der Waals surface area contributed by atoms with Gasteiger partial charge in [-0.05, 0) is 67.6 Å². The Morgan fingerprint density at radius 3 is 2.24 bits per heavy atom. The minimum absolute atomic E-state index is 0.0206. The first kappa shape index (κ1) is 27.5. The van der Waals surface area contributed by atoms with Gasteiger partial charge in [0.15, 0.2) is 11.0 Å². The maximum Gasteiger partial charge on any atom is 0.237 e. The molecule has 0 spiro atoms. The molecule has 3 aromatic carbocycles. The van der Waals surface area contributed by atoms with E-state index in [1.165, 1.54) is 17.3 Å². The van der Waals surface area contributed by atoms with Gasteiger partial charge in [-0.1, -0.05) is 81.1 Å². The van der Waals surface area contributed by atoms with Gasteiger partial charge >= 0.3 is 0 Å². The Bertz CT molecular complexity index is 1360. The van der Waals surface area contributed by atoms with Gasteiger partial charge in [0.2, 0.25) is 5.91 Å². The van der Waals surface area contributed by atoms with E-state index in [0.717, 1.165) is 22.7 Å². The SMILES string of the molecule is Cc1ccccc1-n1c(COc2ccc(C(C)(C)C)cc2)nnc1SCC(=O)N(c1ccccc1)C(C)C. The van der Waals surface area contributed by atoms with Crippen molar-refractivity contribution in [2.75, 3.05) is 10.7 Å². The zero-order chi connectivity index (χ0) is 27.3. The molecule has 0 fully saturated rings. The summed E-state index contributed by atoms with van der Waals surface area (Å²) in [6, 6.07) is 26.1. The van der Waals surface area contributed by atoms with Crippen LogP contribution in [0.5, 0.6) is 5.75 Å². The van der Waals surface area contributed by atoms with E-state index in [0.29, 0.717) is 11.0 Å². The van der Waals surface area contributed by atoms with Crippen LogP contribution in [0.15, 0.2) is 84.0 Å². The number of aryl methyl sites for hydroxylation is 1. The van der Waals surface area contributed by atoms with E-state index in [4.69, 9.17) is 4.74 Å². The fraction of sp³-hybridized carbons (Fsp3) is 0.323. The molecule has 198 valence electrons. The van der Waals surface area contributed by atoms with Crippen LogP contribution in [0.25, 0.3) is 5.69 Å². The zero-order valence-corrected chi connectivity index (χ0v) is 23.8. The molecule has 0 saturated carbocycles. The summed E-state index contributed by atoms with van der Waals surface area (Å²) in [5.74, 6) is 1.72. The van der Waals surface area contributed by atoms with Crippen LogP contribution in [0.1, 0.15) is 51.6 Å². The molecule has 0 unspecified atom stereocenters. The molecule has 0 aliphatic carbocycles. The predicted molar refractivity (Wildman–Crippen MR) is 155 cm³/mol. The fourth-order valence-corrected chi connectivity index (χ4v) is 5.08. The number of nitrogens with zero attached hydrogens (tertiary/aromatic N) is 4. The molecule has 0 aliphatic rings. The van der Waals surface area contributed by atoms with Crippen LogP contribution in [0.3, 0.4) is 0 Å². The van der Waals surface area contributed by atoms with Gasteiger partial charge in [-0.3, -0.25) is 9.36 Å². The number of carbonyl (C=O) groups excluding carboxylic acids is 1. The van der Waals surface area contributed by atoms with E-state index in [2.05, 4.69) is 56.1 Å². The monoisotopic (exact) mass is 528 g/mol. The van der Waals surface area contributed by atoms with Crippen LogP contribution >= 0.6 is 11.8 Å². The molecule has 0 atom stereocenters. The first-order chi connectivity index (χ1) is 18.1. The zero-order valence-electron chi connectivity index (χ0n) is 23.0. The highest BCUT2D eigenvalue weighted by Gasteiger charge is 2.22. The van der Waals surface area contributed by atoms with Gasteiger partial charge in [-0.25, -0.2) is 0 Å². The number of benzene rings is 3. The largest absolute Gasteiger partial charge is 0.486 e. The van der Waals surface area contributed by atoms with Gasteiger partial charge in [0.1, 0.15) is 12.4 Å². The second kappa shape index (κ2) is 11.9. The van der Waals surface area contributed by atoms with Crippen molar-refractivity contribution in [1.82, 2.24) is 14.8 Å². The van der Waals surface area contributed by atoms with Crippen molar-refractivity contribution in [2.45, 2.75) is 64.8 Å². The van der Waals surface area contributed by atoms with Crippen LogP contribution in [0.2, 0.25) is 0 Å². The molecular formula is C31H36N4O2S. The molecule has 1 aromatic heterocycles. The molecular weight excluding hydrogens is 492 g/mol. The van der Waals surface area contributed by atoms with Gasteiger partial charge in [-0.15, -0.1) is 10.2 Å². The van der Waals surface area contributed by atoms with Crippen molar-refractivity contribution in [2.24, 2.45) is 0 Å². The third kappa shape index (κ3) is 6.45. The smallest absolute Gasteiger partial charge is 0.237 e. The number of hydrogen-bond donors (Lipinski definition) is 0. The second-order valence-electron chi connectivity index (χ2n) is 10.6. The lowest BCUT2D eigenvalue weighted by molar-refractivity contribution is -0.116. The molecule has 38 heavy (non-hydrogen) atoms. The number of para-hydroxylation sites is 2. The summed E-state index contributed by atoms with van der Waals surface area (Å²) in [7, 11) is 0. The quantitative estimate of drug-likeness (QED) is 0.219. The molecule has 4 aromatic rings. The van der Waals surface area contributed by atoms with Gasteiger partial charge in [0, 0.05) is 11.7 Å². The van der Waals surface area contributed by atoms with Crippen molar-refractivity contribution in [3.63, 3.8) is 0 Å². The van der Waals surface area contributed by atoms with Gasteiger partial charge < -0.3 is 9.64 Å². The number of thioether (sulfide) groups is 1. The summed E-state index contributed by atoms with van der Waals surface area (Å²) in [4.78, 5) is 15.1. The lowest BCUT2D eigenvalue weighted by atomic mass is 9.87. The average molecular weight is 529 g/mol. The van der Waals surface area contributed by atoms with Gasteiger partial charge in [0.25, 0.3) is 0 Å². The molecule has 0 saturated heterocycles. The standard InChI is InChI=1S/C31H36N4O2S/c1-22(2)34(25-13-8-7-9-14-25)29(36)21-38-30-33-32-28(35(30)27-15-11-10-12-23(27)3)20-37-26-18-16-24(17-19-26)31(4,5)6/h7-19,22H,20-21H2,1-6H3. The summed E-state index contributed by atoms with van der Waals surface area (Å²) in [6.45, 7) is 12.9. The molecule has 6 nitrogen and oxygen atoms in total. The number of rotatable bonds is 9. The number of ether oxygens (including phenoxy) is 1. The number of anilines is 1. The average Bonchev–Trinajstić information content (AvgIpc) is 3.29. The molecule has 1 heterocycles. The van der Waals surface area contributed by atoms with Crippen molar-refractivity contribution in [1.29, 1.82) is 0 Å². The van der Waals surface area contributed by atoms with Crippen LogP contribution in [0, 0.1) is 6.92 Å². The van der Waals surface area contributed by atoms with E-state index < -0.39 is 0 Å². The highest BCUT2D eigenvalue weighted by Crippen LogP contribution is 2.28. The van der Waals surface area contributed by atoms with E-state index in [1.807, 2.05) is 84.0 Å². The van der Waals surface area contributed by atoms with E-state index in [-0.39, 0.29) is 29.7 Å². The first-order valence-corrected chi connectivity index (χ1v) is 13.9. The van der Waals surface area contributed by atoms with Crippen LogP contribution in [-0.2, 0) is 16.8 Å². The third-order valence-corrected chi connectivity index (χ3v) is 7.20. The number of aromatic nitrogens is 3. The number of hydrogen-bond acceptors (Lipinski definition) is 5. The van der Waals surface area contributed by atoms with Crippen molar-refractivity contribution in [3.05, 3.63) is 95.8 Å². The highest BCUT2D eigenvalue weighted by atomic mass is 32.2. The van der Waals surface area contributed by atoms with Crippen LogP contribution in [-0.4, -0.2) is 32.5 Å². The molecule has 0 aliphatic heterocycles. The molecule has 0 bridgehead atoms. The normalized spacial score (nSPS) is 11.6. The summed E-state index contributed by atoms with van der Waals surface area (Å²) < 4.78 is 8.12. The Balaban J connectivity index is 1.56. The number of carbonyl (C=O) groups is 1. The first-order valence-electron chi connectivity index (χ1n) is 12.9. The lowest BCUT2D eigenvalue weighted by Crippen LogP contribution is -2.38. The Morgan fingerprint density at radius 1 is 0.947 bits per heavy atom. The minimum atomic E-state index is 0.0206. The summed E-state index contributed by atoms with van der Waals surface area (Å²) in [5, 5.41) is 9.59. The summed E-state index contributed by atoms with van der Waals surface area (Å²) in [6.07, 6.45) is 0. The fourth-order valence-electron chi connectivity index (χ4n) is 4.26. The van der Waals surface area contributed by atoms with E-state index in [9.17, 15) is 4.79 Å². The molecule has 1 amide bonds. The number of amides is 1. The molecule has 0 radical (unpaired) electrons. The molecule has 7 heteroatoms. The van der Waals surface area contributed by atoms with Gasteiger partial charge in [0.05, 0.1) is 11.4 Å².